The molecule has 0 aliphatic heterocycles. The van der Waals surface area contributed by atoms with Crippen LogP contribution in [0.25, 0.3) is 0 Å². The van der Waals surface area contributed by atoms with Crippen LogP contribution in [-0.2, 0) is 0 Å². The summed E-state index contributed by atoms with van der Waals surface area (Å²) in [5, 5.41) is 11.8. The van der Waals surface area contributed by atoms with Crippen molar-refractivity contribution < 1.29 is 0 Å². The molecule has 0 unspecified atom stereocenters. The fraction of sp³-hybridized carbons (Fsp3) is 0.0833. The number of hydrogen-bond acceptors (Lipinski definition) is 4. The molecule has 0 aliphatic rings. The van der Waals surface area contributed by atoms with Gasteiger partial charge in [0.15, 0.2) is 0 Å². The number of hydrazone groups is 1. The summed E-state index contributed by atoms with van der Waals surface area (Å²) in [6, 6.07) is 11.2. The van der Waals surface area contributed by atoms with E-state index >= 15 is 0 Å². The molecule has 0 saturated carbocycles. The van der Waals surface area contributed by atoms with E-state index in [1.54, 1.807) is 24.5 Å². The van der Waals surface area contributed by atoms with Gasteiger partial charge in [0.2, 0.25) is 0 Å². The van der Waals surface area contributed by atoms with Crippen LogP contribution in [0.4, 0.5) is 5.69 Å². The smallest absolute Gasteiger partial charge is 0.266 e. The summed E-state index contributed by atoms with van der Waals surface area (Å²) < 4.78 is 0. The molecule has 1 heterocycles. The fourth-order valence-corrected chi connectivity index (χ4v) is 1.30. The van der Waals surface area contributed by atoms with Crippen molar-refractivity contribution in [2.45, 2.75) is 0 Å². The monoisotopic (exact) mass is 228 g/mol. The Bertz CT molecular complexity index is 562. The van der Waals surface area contributed by atoms with Crippen LogP contribution in [-0.4, -0.2) is 23.5 Å². The van der Waals surface area contributed by atoms with Gasteiger partial charge in [-0.1, -0.05) is 30.3 Å². The molecule has 0 atom stereocenters. The molecule has 0 fully saturated rings. The van der Waals surface area contributed by atoms with Gasteiger partial charge in [-0.15, -0.1) is 0 Å². The van der Waals surface area contributed by atoms with E-state index in [0.29, 0.717) is 5.69 Å². The molecule has 1 N–H and O–H groups in total. The zero-order chi connectivity index (χ0) is 12.1. The maximum Gasteiger partial charge on any atom is 0.266 e. The van der Waals surface area contributed by atoms with Crippen LogP contribution in [0, 0.1) is 0 Å². The molecule has 5 nitrogen and oxygen atoms in total. The molecule has 1 aromatic heterocycles. The number of rotatable bonds is 3. The zero-order valence-corrected chi connectivity index (χ0v) is 9.37. The lowest BCUT2D eigenvalue weighted by atomic mass is 10.2. The van der Waals surface area contributed by atoms with Gasteiger partial charge in [-0.3, -0.25) is 9.80 Å². The largest absolute Gasteiger partial charge is 0.268 e. The number of aromatic nitrogens is 2. The van der Waals surface area contributed by atoms with Gasteiger partial charge in [-0.2, -0.15) is 10.2 Å². The third-order valence-corrected chi connectivity index (χ3v) is 2.20. The molecule has 5 heteroatoms. The SMILES string of the molecule is CN(N=Cc1ccccc1)c1cn[nH]c(=O)c1. The highest BCUT2D eigenvalue weighted by Gasteiger charge is 1.98. The highest BCUT2D eigenvalue weighted by molar-refractivity contribution is 5.80. The Hall–Kier alpha value is -2.43. The van der Waals surface area contributed by atoms with Crippen molar-refractivity contribution in [2.75, 3.05) is 12.1 Å². The quantitative estimate of drug-likeness (QED) is 0.635. The molecule has 0 bridgehead atoms. The number of H-pyrrole nitrogens is 1. The van der Waals surface area contributed by atoms with Gasteiger partial charge in [0.1, 0.15) is 0 Å². The number of nitrogens with zero attached hydrogens (tertiary/aromatic N) is 3. The summed E-state index contributed by atoms with van der Waals surface area (Å²) >= 11 is 0. The Balaban J connectivity index is 2.14. The average molecular weight is 228 g/mol. The molecule has 1 aromatic carbocycles. The van der Waals surface area contributed by atoms with Crippen molar-refractivity contribution >= 4 is 11.9 Å². The van der Waals surface area contributed by atoms with Crippen LogP contribution in [0.1, 0.15) is 5.56 Å². The average Bonchev–Trinajstić information content (AvgIpc) is 2.37. The number of anilines is 1. The lowest BCUT2D eigenvalue weighted by Crippen LogP contribution is -2.14. The van der Waals surface area contributed by atoms with Crippen LogP contribution >= 0.6 is 0 Å². The van der Waals surface area contributed by atoms with Crippen molar-refractivity contribution in [1.82, 2.24) is 10.2 Å². The first kappa shape index (κ1) is 11.1. The van der Waals surface area contributed by atoms with Crippen LogP contribution in [0.2, 0.25) is 0 Å². The van der Waals surface area contributed by atoms with Crippen LogP contribution < -0.4 is 10.6 Å². The highest BCUT2D eigenvalue weighted by Crippen LogP contribution is 2.06. The summed E-state index contributed by atoms with van der Waals surface area (Å²) in [6.07, 6.45) is 3.27. The van der Waals surface area contributed by atoms with Gasteiger partial charge in [0.05, 0.1) is 18.1 Å². The summed E-state index contributed by atoms with van der Waals surface area (Å²) in [4.78, 5) is 11.1. The van der Waals surface area contributed by atoms with E-state index in [1.807, 2.05) is 30.3 Å². The van der Waals surface area contributed by atoms with E-state index in [-0.39, 0.29) is 5.56 Å². The van der Waals surface area contributed by atoms with Crippen LogP contribution in [0.5, 0.6) is 0 Å². The molecule has 0 amide bonds. The second-order valence-electron chi connectivity index (χ2n) is 3.48. The molecule has 0 spiro atoms. The molecular weight excluding hydrogens is 216 g/mol. The Morgan fingerprint density at radius 3 is 2.82 bits per heavy atom. The molecule has 86 valence electrons. The van der Waals surface area contributed by atoms with Crippen LogP contribution in [0.15, 0.2) is 52.5 Å². The highest BCUT2D eigenvalue weighted by atomic mass is 16.1. The van der Waals surface area contributed by atoms with Crippen molar-refractivity contribution in [3.63, 3.8) is 0 Å². The normalized spacial score (nSPS) is 10.6. The minimum absolute atomic E-state index is 0.246. The molecule has 0 saturated heterocycles. The predicted molar refractivity (Wildman–Crippen MR) is 67.3 cm³/mol. The second kappa shape index (κ2) is 5.07. The minimum atomic E-state index is -0.246. The van der Waals surface area contributed by atoms with Crippen molar-refractivity contribution in [3.8, 4) is 0 Å². The molecule has 0 aliphatic carbocycles. The molecule has 2 aromatic rings. The summed E-state index contributed by atoms with van der Waals surface area (Å²) in [5.74, 6) is 0. The molecule has 2 rings (SSSR count). The maximum absolute atomic E-state index is 11.1. The lowest BCUT2D eigenvalue weighted by Gasteiger charge is -2.10. The Morgan fingerprint density at radius 1 is 1.35 bits per heavy atom. The van der Waals surface area contributed by atoms with Crippen LogP contribution in [0.3, 0.4) is 0 Å². The van der Waals surface area contributed by atoms with Crippen molar-refractivity contribution in [1.29, 1.82) is 0 Å². The second-order valence-corrected chi connectivity index (χ2v) is 3.48. The number of benzene rings is 1. The number of nitrogens with one attached hydrogen (secondary N) is 1. The maximum atomic E-state index is 11.1. The topological polar surface area (TPSA) is 61.4 Å². The van der Waals surface area contributed by atoms with Gasteiger partial charge in [0, 0.05) is 13.1 Å². The van der Waals surface area contributed by atoms with Gasteiger partial charge >= 0.3 is 0 Å². The first-order chi connectivity index (χ1) is 8.25. The van der Waals surface area contributed by atoms with E-state index in [9.17, 15) is 4.79 Å². The van der Waals surface area contributed by atoms with E-state index in [4.69, 9.17) is 0 Å². The summed E-state index contributed by atoms with van der Waals surface area (Å²) in [6.45, 7) is 0. The Labute approximate surface area is 98.4 Å². The van der Waals surface area contributed by atoms with Gasteiger partial charge in [-0.25, -0.2) is 5.10 Å². The summed E-state index contributed by atoms with van der Waals surface area (Å²) in [7, 11) is 1.76. The first-order valence-electron chi connectivity index (χ1n) is 5.13. The third-order valence-electron chi connectivity index (χ3n) is 2.20. The van der Waals surface area contributed by atoms with Gasteiger partial charge in [0.25, 0.3) is 5.56 Å². The van der Waals surface area contributed by atoms with Crippen molar-refractivity contribution in [2.24, 2.45) is 5.10 Å². The molecular formula is C12H12N4O. The Morgan fingerprint density at radius 2 is 2.12 bits per heavy atom. The third kappa shape index (κ3) is 3.01. The number of hydrogen-bond donors (Lipinski definition) is 1. The predicted octanol–water partition coefficient (Wildman–Crippen LogP) is 1.24. The van der Waals surface area contributed by atoms with E-state index in [0.717, 1.165) is 5.56 Å². The van der Waals surface area contributed by atoms with Crippen molar-refractivity contribution in [3.05, 3.63) is 58.5 Å². The van der Waals surface area contributed by atoms with Gasteiger partial charge < -0.3 is 0 Å². The number of aromatic amines is 1. The van der Waals surface area contributed by atoms with E-state index in [1.165, 1.54) is 6.07 Å². The zero-order valence-electron chi connectivity index (χ0n) is 9.37. The standard InChI is InChI=1S/C12H12N4O/c1-16(11-7-12(17)15-13-9-11)14-8-10-5-3-2-4-6-10/h2-9H,1H3,(H,15,17). The lowest BCUT2D eigenvalue weighted by molar-refractivity contribution is 0.944. The van der Waals surface area contributed by atoms with E-state index in [2.05, 4.69) is 15.3 Å². The molecule has 17 heavy (non-hydrogen) atoms. The molecule has 0 radical (unpaired) electrons. The first-order valence-corrected chi connectivity index (χ1v) is 5.13. The Kier molecular flexibility index (Phi) is 3.30. The fourth-order valence-electron chi connectivity index (χ4n) is 1.30. The van der Waals surface area contributed by atoms with Gasteiger partial charge in [-0.05, 0) is 5.56 Å². The van der Waals surface area contributed by atoms with E-state index < -0.39 is 0 Å². The summed E-state index contributed by atoms with van der Waals surface area (Å²) in [5.41, 5.74) is 1.39. The minimum Gasteiger partial charge on any atom is -0.268 e.